The highest BCUT2D eigenvalue weighted by molar-refractivity contribution is 6.32. The quantitative estimate of drug-likeness (QED) is 0.592. The fourth-order valence-corrected chi connectivity index (χ4v) is 1.99. The van der Waals surface area contributed by atoms with Gasteiger partial charge in [-0.2, -0.15) is 0 Å². The van der Waals surface area contributed by atoms with Gasteiger partial charge in [0, 0.05) is 11.4 Å². The summed E-state index contributed by atoms with van der Waals surface area (Å²) in [4.78, 5) is 11.1. The maximum atomic E-state index is 11.1. The molecule has 0 saturated heterocycles. The number of hydrogen-bond acceptors (Lipinski definition) is 2. The molecule has 1 aromatic rings. The van der Waals surface area contributed by atoms with Crippen molar-refractivity contribution in [1.29, 1.82) is 0 Å². The first kappa shape index (κ1) is 13.3. The summed E-state index contributed by atoms with van der Waals surface area (Å²) in [7, 11) is 0. The van der Waals surface area contributed by atoms with Crippen molar-refractivity contribution in [2.45, 2.75) is 25.1 Å². The van der Waals surface area contributed by atoms with Crippen LogP contribution in [0.3, 0.4) is 0 Å². The normalized spacial score (nSPS) is 12.2. The molecule has 1 atom stereocenters. The zero-order valence-corrected chi connectivity index (χ0v) is 10.6. The molecule has 0 N–H and O–H groups in total. The van der Waals surface area contributed by atoms with Gasteiger partial charge in [-0.25, -0.2) is 0 Å². The highest BCUT2D eigenvalue weighted by Gasteiger charge is 2.13. The second kappa shape index (κ2) is 6.77. The minimum absolute atomic E-state index is 0.222. The van der Waals surface area contributed by atoms with Gasteiger partial charge in [-0.05, 0) is 25.0 Å². The molecule has 1 aromatic carbocycles. The molecule has 0 aliphatic carbocycles. The second-order valence-electron chi connectivity index (χ2n) is 3.33. The number of rotatable bonds is 5. The van der Waals surface area contributed by atoms with Gasteiger partial charge in [0.05, 0.1) is 12.0 Å². The van der Waals surface area contributed by atoms with Crippen molar-refractivity contribution < 1.29 is 9.53 Å². The van der Waals surface area contributed by atoms with Crippen LogP contribution in [0.1, 0.15) is 30.7 Å². The molecule has 1 unspecified atom stereocenters. The monoisotopic (exact) mass is 260 g/mol. The molecule has 0 aliphatic rings. The van der Waals surface area contributed by atoms with E-state index >= 15 is 0 Å². The fraction of sp³-hybridized carbons (Fsp3) is 0.417. The summed E-state index contributed by atoms with van der Waals surface area (Å²) in [5.41, 5.74) is 0.857. The van der Waals surface area contributed by atoms with Crippen LogP contribution < -0.4 is 0 Å². The first-order valence-corrected chi connectivity index (χ1v) is 6.00. The molecule has 0 heterocycles. The van der Waals surface area contributed by atoms with Crippen LogP contribution in [0.5, 0.6) is 0 Å². The van der Waals surface area contributed by atoms with Crippen molar-refractivity contribution in [2.75, 3.05) is 6.61 Å². The number of ether oxygens (including phenoxy) is 1. The van der Waals surface area contributed by atoms with Crippen LogP contribution in [-0.2, 0) is 9.53 Å². The van der Waals surface area contributed by atoms with Gasteiger partial charge in [0.1, 0.15) is 0 Å². The minimum Gasteiger partial charge on any atom is -0.466 e. The highest BCUT2D eigenvalue weighted by Crippen LogP contribution is 2.31. The number of hydrogen-bond donors (Lipinski definition) is 0. The number of alkyl halides is 1. The summed E-state index contributed by atoms with van der Waals surface area (Å²) in [6.07, 6.45) is 0.845. The van der Waals surface area contributed by atoms with E-state index in [9.17, 15) is 4.79 Å². The van der Waals surface area contributed by atoms with E-state index in [-0.39, 0.29) is 11.3 Å². The maximum absolute atomic E-state index is 11.1. The molecule has 0 amide bonds. The Labute approximate surface area is 106 Å². The molecule has 4 heteroatoms. The number of esters is 1. The van der Waals surface area contributed by atoms with Gasteiger partial charge >= 0.3 is 5.97 Å². The summed E-state index contributed by atoms with van der Waals surface area (Å²) >= 11 is 12.2. The Morgan fingerprint density at radius 1 is 1.44 bits per heavy atom. The van der Waals surface area contributed by atoms with Crippen molar-refractivity contribution in [3.63, 3.8) is 0 Å². The van der Waals surface area contributed by atoms with Crippen molar-refractivity contribution in [3.05, 3.63) is 34.9 Å². The van der Waals surface area contributed by atoms with Crippen molar-refractivity contribution >= 4 is 29.2 Å². The highest BCUT2D eigenvalue weighted by atomic mass is 35.5. The van der Waals surface area contributed by atoms with Crippen LogP contribution in [0, 0.1) is 0 Å². The SMILES string of the molecule is CCOC(=O)CCC(Cl)c1ccccc1Cl. The summed E-state index contributed by atoms with van der Waals surface area (Å²) in [6.45, 7) is 2.18. The largest absolute Gasteiger partial charge is 0.466 e. The maximum Gasteiger partial charge on any atom is 0.305 e. The lowest BCUT2D eigenvalue weighted by Gasteiger charge is -2.10. The summed E-state index contributed by atoms with van der Waals surface area (Å²) in [6, 6.07) is 7.38. The van der Waals surface area contributed by atoms with Gasteiger partial charge in [0.25, 0.3) is 0 Å². The predicted octanol–water partition coefficient (Wildman–Crippen LogP) is 3.96. The molecule has 88 valence electrons. The third-order valence-electron chi connectivity index (χ3n) is 2.15. The van der Waals surface area contributed by atoms with Crippen LogP contribution in [0.4, 0.5) is 0 Å². The molecular formula is C12H14Cl2O2. The second-order valence-corrected chi connectivity index (χ2v) is 4.27. The van der Waals surface area contributed by atoms with E-state index in [0.717, 1.165) is 5.56 Å². The topological polar surface area (TPSA) is 26.3 Å². The van der Waals surface area contributed by atoms with Gasteiger partial charge in [-0.3, -0.25) is 4.79 Å². The van der Waals surface area contributed by atoms with Gasteiger partial charge in [0.15, 0.2) is 0 Å². The van der Waals surface area contributed by atoms with Crippen LogP contribution in [0.25, 0.3) is 0 Å². The lowest BCUT2D eigenvalue weighted by molar-refractivity contribution is -0.143. The smallest absolute Gasteiger partial charge is 0.305 e. The van der Waals surface area contributed by atoms with Gasteiger partial charge < -0.3 is 4.74 Å². The van der Waals surface area contributed by atoms with Crippen LogP contribution in [-0.4, -0.2) is 12.6 Å². The van der Waals surface area contributed by atoms with Gasteiger partial charge in [-0.15, -0.1) is 11.6 Å². The first-order valence-electron chi connectivity index (χ1n) is 5.19. The molecule has 0 aromatic heterocycles. The van der Waals surface area contributed by atoms with Crippen molar-refractivity contribution in [1.82, 2.24) is 0 Å². The van der Waals surface area contributed by atoms with Crippen molar-refractivity contribution in [2.24, 2.45) is 0 Å². The lowest BCUT2D eigenvalue weighted by atomic mass is 10.1. The molecule has 0 fully saturated rings. The summed E-state index contributed by atoms with van der Waals surface area (Å²) in [5, 5.41) is 0.379. The van der Waals surface area contributed by atoms with Crippen molar-refractivity contribution in [3.8, 4) is 0 Å². The summed E-state index contributed by atoms with van der Waals surface area (Å²) in [5.74, 6) is -0.222. The zero-order valence-electron chi connectivity index (χ0n) is 9.08. The number of benzene rings is 1. The van der Waals surface area contributed by atoms with Gasteiger partial charge in [0.2, 0.25) is 0 Å². The Balaban J connectivity index is 2.50. The van der Waals surface area contributed by atoms with E-state index in [4.69, 9.17) is 27.9 Å². The van der Waals surface area contributed by atoms with E-state index in [2.05, 4.69) is 0 Å². The minimum atomic E-state index is -0.252. The van der Waals surface area contributed by atoms with E-state index < -0.39 is 0 Å². The van der Waals surface area contributed by atoms with Crippen LogP contribution in [0.15, 0.2) is 24.3 Å². The lowest BCUT2D eigenvalue weighted by Crippen LogP contribution is -2.05. The third-order valence-corrected chi connectivity index (χ3v) is 2.95. The molecule has 16 heavy (non-hydrogen) atoms. The Bertz CT molecular complexity index is 353. The van der Waals surface area contributed by atoms with E-state index in [0.29, 0.717) is 24.5 Å². The van der Waals surface area contributed by atoms with Gasteiger partial charge in [-0.1, -0.05) is 29.8 Å². The van der Waals surface area contributed by atoms with E-state index in [1.54, 1.807) is 13.0 Å². The van der Waals surface area contributed by atoms with E-state index in [1.807, 2.05) is 18.2 Å². The fourth-order valence-electron chi connectivity index (χ4n) is 1.36. The Hall–Kier alpha value is -0.730. The summed E-state index contributed by atoms with van der Waals surface area (Å²) < 4.78 is 4.83. The Morgan fingerprint density at radius 3 is 2.75 bits per heavy atom. The third kappa shape index (κ3) is 4.03. The molecule has 0 saturated carbocycles. The first-order chi connectivity index (χ1) is 7.65. The number of carbonyl (C=O) groups is 1. The van der Waals surface area contributed by atoms with E-state index in [1.165, 1.54) is 0 Å². The Morgan fingerprint density at radius 2 is 2.12 bits per heavy atom. The Kier molecular flexibility index (Phi) is 5.64. The average molecular weight is 261 g/mol. The molecule has 0 radical (unpaired) electrons. The molecular weight excluding hydrogens is 247 g/mol. The molecule has 2 nitrogen and oxygen atoms in total. The number of halogens is 2. The van der Waals surface area contributed by atoms with Crippen LogP contribution >= 0.6 is 23.2 Å². The zero-order chi connectivity index (χ0) is 12.0. The standard InChI is InChI=1S/C12H14Cl2O2/c1-2-16-12(15)8-7-11(14)9-5-3-4-6-10(9)13/h3-6,11H,2,7-8H2,1H3. The number of carbonyl (C=O) groups excluding carboxylic acids is 1. The molecule has 1 rings (SSSR count). The molecule has 0 spiro atoms. The average Bonchev–Trinajstić information content (AvgIpc) is 2.27. The molecule has 0 bridgehead atoms. The predicted molar refractivity (Wildman–Crippen MR) is 65.9 cm³/mol. The molecule has 0 aliphatic heterocycles. The van der Waals surface area contributed by atoms with Crippen LogP contribution in [0.2, 0.25) is 5.02 Å².